The van der Waals surface area contributed by atoms with Crippen molar-refractivity contribution in [2.45, 2.75) is 39.2 Å². The Morgan fingerprint density at radius 3 is 3.00 bits per heavy atom. The number of rotatable bonds is 5. The molecule has 1 heterocycles. The fourth-order valence-electron chi connectivity index (χ4n) is 3.06. The highest BCUT2D eigenvalue weighted by atomic mass is 16.2. The molecule has 108 valence electrons. The summed E-state index contributed by atoms with van der Waals surface area (Å²) in [5.41, 5.74) is 3.51. The minimum Gasteiger partial charge on any atom is -0.338 e. The third-order valence-corrected chi connectivity index (χ3v) is 4.33. The van der Waals surface area contributed by atoms with Crippen LogP contribution < -0.4 is 5.32 Å². The fraction of sp³-hybridized carbons (Fsp3) is 0.588. The average molecular weight is 272 g/mol. The monoisotopic (exact) mass is 272 g/mol. The average Bonchev–Trinajstić information content (AvgIpc) is 3.29. The first-order chi connectivity index (χ1) is 9.79. The van der Waals surface area contributed by atoms with E-state index in [0.29, 0.717) is 0 Å². The van der Waals surface area contributed by atoms with Gasteiger partial charge in [0.05, 0.1) is 0 Å². The van der Waals surface area contributed by atoms with Crippen LogP contribution in [0.2, 0.25) is 0 Å². The lowest BCUT2D eigenvalue weighted by molar-refractivity contribution is 0.0746. The number of carbonyl (C=O) groups is 1. The first kappa shape index (κ1) is 13.6. The molecule has 0 saturated heterocycles. The van der Waals surface area contributed by atoms with Gasteiger partial charge in [-0.2, -0.15) is 0 Å². The Labute approximate surface area is 121 Å². The van der Waals surface area contributed by atoms with Gasteiger partial charge >= 0.3 is 0 Å². The molecule has 2 aliphatic rings. The molecule has 1 aromatic rings. The maximum Gasteiger partial charge on any atom is 0.254 e. The van der Waals surface area contributed by atoms with E-state index in [4.69, 9.17) is 0 Å². The lowest BCUT2D eigenvalue weighted by Crippen LogP contribution is -2.35. The summed E-state index contributed by atoms with van der Waals surface area (Å²) in [6.45, 7) is 5.87. The molecule has 1 aromatic carbocycles. The topological polar surface area (TPSA) is 32.3 Å². The van der Waals surface area contributed by atoms with E-state index in [1.807, 2.05) is 12.1 Å². The molecule has 3 nitrogen and oxygen atoms in total. The highest BCUT2D eigenvalue weighted by Crippen LogP contribution is 2.30. The fourth-order valence-corrected chi connectivity index (χ4v) is 3.06. The lowest BCUT2D eigenvalue weighted by Gasteiger charge is -2.26. The Bertz CT molecular complexity index is 494. The molecule has 0 bridgehead atoms. The second-order valence-electron chi connectivity index (χ2n) is 6.06. The number of carbonyl (C=O) groups excluding carboxylic acids is 1. The van der Waals surface area contributed by atoms with Crippen LogP contribution in [0.3, 0.4) is 0 Å². The van der Waals surface area contributed by atoms with Gasteiger partial charge in [-0.3, -0.25) is 4.79 Å². The SMILES string of the molecule is CCCN(CC1CC1)C(=O)c1cccc2c1CCNC2. The second-order valence-corrected chi connectivity index (χ2v) is 6.06. The molecule has 1 N–H and O–H groups in total. The number of nitrogens with one attached hydrogen (secondary N) is 1. The Hall–Kier alpha value is -1.35. The Morgan fingerprint density at radius 2 is 2.25 bits per heavy atom. The molecule has 3 heteroatoms. The first-order valence-electron chi connectivity index (χ1n) is 7.90. The van der Waals surface area contributed by atoms with Crippen molar-refractivity contribution in [2.75, 3.05) is 19.6 Å². The van der Waals surface area contributed by atoms with Gasteiger partial charge in [0.25, 0.3) is 5.91 Å². The van der Waals surface area contributed by atoms with Crippen molar-refractivity contribution < 1.29 is 4.79 Å². The van der Waals surface area contributed by atoms with Gasteiger partial charge in [0.15, 0.2) is 0 Å². The van der Waals surface area contributed by atoms with Crippen LogP contribution in [0.1, 0.15) is 47.7 Å². The van der Waals surface area contributed by atoms with E-state index in [-0.39, 0.29) is 5.91 Å². The van der Waals surface area contributed by atoms with E-state index in [2.05, 4.69) is 23.2 Å². The van der Waals surface area contributed by atoms with Gasteiger partial charge in [0.2, 0.25) is 0 Å². The zero-order valence-corrected chi connectivity index (χ0v) is 12.3. The number of hydrogen-bond donors (Lipinski definition) is 1. The Morgan fingerprint density at radius 1 is 1.40 bits per heavy atom. The summed E-state index contributed by atoms with van der Waals surface area (Å²) in [5.74, 6) is 1.00. The largest absolute Gasteiger partial charge is 0.338 e. The van der Waals surface area contributed by atoms with Crippen molar-refractivity contribution in [1.82, 2.24) is 10.2 Å². The smallest absolute Gasteiger partial charge is 0.254 e. The van der Waals surface area contributed by atoms with Crippen molar-refractivity contribution in [3.8, 4) is 0 Å². The molecular formula is C17H24N2O. The van der Waals surface area contributed by atoms with Crippen molar-refractivity contribution in [3.05, 3.63) is 34.9 Å². The predicted molar refractivity (Wildman–Crippen MR) is 80.8 cm³/mol. The van der Waals surface area contributed by atoms with Gasteiger partial charge in [-0.1, -0.05) is 19.1 Å². The second kappa shape index (κ2) is 5.96. The summed E-state index contributed by atoms with van der Waals surface area (Å²) >= 11 is 0. The minimum atomic E-state index is 0.248. The first-order valence-corrected chi connectivity index (χ1v) is 7.90. The van der Waals surface area contributed by atoms with Crippen molar-refractivity contribution in [1.29, 1.82) is 0 Å². The van der Waals surface area contributed by atoms with Crippen LogP contribution in [0.4, 0.5) is 0 Å². The van der Waals surface area contributed by atoms with Crippen LogP contribution in [0.5, 0.6) is 0 Å². The van der Waals surface area contributed by atoms with Gasteiger partial charge < -0.3 is 10.2 Å². The third-order valence-electron chi connectivity index (χ3n) is 4.33. The molecule has 20 heavy (non-hydrogen) atoms. The van der Waals surface area contributed by atoms with Crippen molar-refractivity contribution in [2.24, 2.45) is 5.92 Å². The van der Waals surface area contributed by atoms with E-state index in [0.717, 1.165) is 50.5 Å². The lowest BCUT2D eigenvalue weighted by atomic mass is 9.94. The standard InChI is InChI=1S/C17H24N2O/c1-2-10-19(12-13-6-7-13)17(20)16-5-3-4-14-11-18-9-8-15(14)16/h3-5,13,18H,2,6-12H2,1H3. The summed E-state index contributed by atoms with van der Waals surface area (Å²) in [5, 5.41) is 3.38. The number of nitrogens with zero attached hydrogens (tertiary/aromatic N) is 1. The van der Waals surface area contributed by atoms with Gasteiger partial charge in [0, 0.05) is 25.2 Å². The number of hydrogen-bond acceptors (Lipinski definition) is 2. The Kier molecular flexibility index (Phi) is 4.06. The summed E-state index contributed by atoms with van der Waals surface area (Å²) in [6, 6.07) is 6.19. The molecule has 0 radical (unpaired) electrons. The summed E-state index contributed by atoms with van der Waals surface area (Å²) in [4.78, 5) is 15.0. The van der Waals surface area contributed by atoms with E-state index in [1.54, 1.807) is 0 Å². The van der Waals surface area contributed by atoms with Gasteiger partial charge in [-0.05, 0) is 55.3 Å². The third kappa shape index (κ3) is 2.88. The van der Waals surface area contributed by atoms with Crippen LogP contribution in [-0.4, -0.2) is 30.4 Å². The molecule has 0 atom stereocenters. The molecule has 1 saturated carbocycles. The van der Waals surface area contributed by atoms with Gasteiger partial charge in [-0.15, -0.1) is 0 Å². The maximum absolute atomic E-state index is 12.9. The van der Waals surface area contributed by atoms with E-state index >= 15 is 0 Å². The van der Waals surface area contributed by atoms with Gasteiger partial charge in [-0.25, -0.2) is 0 Å². The van der Waals surface area contributed by atoms with Crippen molar-refractivity contribution >= 4 is 5.91 Å². The summed E-state index contributed by atoms with van der Waals surface area (Å²) in [6.07, 6.45) is 4.60. The molecule has 1 aliphatic carbocycles. The van der Waals surface area contributed by atoms with Crippen LogP contribution in [0, 0.1) is 5.92 Å². The van der Waals surface area contributed by atoms with E-state index in [1.165, 1.54) is 24.0 Å². The molecule has 1 amide bonds. The summed E-state index contributed by atoms with van der Waals surface area (Å²) < 4.78 is 0. The molecule has 0 aromatic heterocycles. The minimum absolute atomic E-state index is 0.248. The van der Waals surface area contributed by atoms with E-state index in [9.17, 15) is 4.79 Å². The zero-order valence-electron chi connectivity index (χ0n) is 12.3. The molecule has 3 rings (SSSR count). The quantitative estimate of drug-likeness (QED) is 0.893. The molecule has 1 fully saturated rings. The van der Waals surface area contributed by atoms with Gasteiger partial charge in [0.1, 0.15) is 0 Å². The summed E-state index contributed by atoms with van der Waals surface area (Å²) in [7, 11) is 0. The number of fused-ring (bicyclic) bond motifs is 1. The predicted octanol–water partition coefficient (Wildman–Crippen LogP) is 2.59. The zero-order chi connectivity index (χ0) is 13.9. The van der Waals surface area contributed by atoms with Crippen LogP contribution in [-0.2, 0) is 13.0 Å². The Balaban J connectivity index is 1.84. The highest BCUT2D eigenvalue weighted by molar-refractivity contribution is 5.96. The van der Waals surface area contributed by atoms with Crippen LogP contribution in [0.15, 0.2) is 18.2 Å². The highest BCUT2D eigenvalue weighted by Gasteiger charge is 2.28. The van der Waals surface area contributed by atoms with Crippen LogP contribution >= 0.6 is 0 Å². The molecular weight excluding hydrogens is 248 g/mol. The number of amides is 1. The van der Waals surface area contributed by atoms with Crippen molar-refractivity contribution in [3.63, 3.8) is 0 Å². The molecule has 0 unspecified atom stereocenters. The molecule has 1 aliphatic heterocycles. The van der Waals surface area contributed by atoms with E-state index < -0.39 is 0 Å². The normalized spacial score (nSPS) is 17.6. The maximum atomic E-state index is 12.9. The van der Waals surface area contributed by atoms with Crippen LogP contribution in [0.25, 0.3) is 0 Å². The number of benzene rings is 1. The molecule has 0 spiro atoms.